The number of hydrogen-bond acceptors (Lipinski definition) is 3. The van der Waals surface area contributed by atoms with Crippen LogP contribution < -0.4 is 15.6 Å². The lowest BCUT2D eigenvalue weighted by molar-refractivity contribution is -0.0498. The van der Waals surface area contributed by atoms with Crippen LogP contribution in [0.4, 0.5) is 14.5 Å². The van der Waals surface area contributed by atoms with E-state index in [1.165, 1.54) is 24.3 Å². The quantitative estimate of drug-likeness (QED) is 0.831. The van der Waals surface area contributed by atoms with Gasteiger partial charge in [-0.3, -0.25) is 15.6 Å². The highest BCUT2D eigenvalue weighted by molar-refractivity contribution is 5.95. The molecule has 0 atom stereocenters. The van der Waals surface area contributed by atoms with Crippen LogP contribution in [0.5, 0.6) is 5.75 Å². The van der Waals surface area contributed by atoms with Crippen LogP contribution >= 0.6 is 0 Å². The molecule has 0 saturated heterocycles. The molecule has 110 valence electrons. The number of hydrazine groups is 1. The van der Waals surface area contributed by atoms with Gasteiger partial charge < -0.3 is 4.74 Å². The first-order valence-corrected chi connectivity index (χ1v) is 6.23. The van der Waals surface area contributed by atoms with Crippen molar-refractivity contribution >= 4 is 11.6 Å². The zero-order chi connectivity index (χ0) is 15.2. The van der Waals surface area contributed by atoms with E-state index in [1.807, 2.05) is 31.2 Å². The third kappa shape index (κ3) is 4.17. The van der Waals surface area contributed by atoms with E-state index in [0.29, 0.717) is 5.56 Å². The van der Waals surface area contributed by atoms with Gasteiger partial charge in [-0.15, -0.1) is 0 Å². The number of aryl methyl sites for hydroxylation is 1. The van der Waals surface area contributed by atoms with Gasteiger partial charge in [-0.05, 0) is 42.8 Å². The fourth-order valence-electron chi connectivity index (χ4n) is 1.70. The van der Waals surface area contributed by atoms with Crippen LogP contribution in [0.1, 0.15) is 15.9 Å². The van der Waals surface area contributed by atoms with Crippen LogP contribution in [0.15, 0.2) is 48.5 Å². The number of anilines is 1. The molecular formula is C15H14F2N2O2. The molecule has 0 radical (unpaired) electrons. The Balaban J connectivity index is 1.96. The highest BCUT2D eigenvalue weighted by Gasteiger charge is 2.08. The standard InChI is InChI=1S/C15H14F2N2O2/c1-10-4-2-3-5-13(10)18-19-14(20)11-6-8-12(9-7-11)21-15(16)17/h2-9,15,18H,1H3,(H,19,20). The summed E-state index contributed by atoms with van der Waals surface area (Å²) in [4.78, 5) is 11.9. The second-order valence-corrected chi connectivity index (χ2v) is 4.30. The molecule has 2 N–H and O–H groups in total. The molecule has 0 aliphatic heterocycles. The summed E-state index contributed by atoms with van der Waals surface area (Å²) in [7, 11) is 0. The lowest BCUT2D eigenvalue weighted by Crippen LogP contribution is -2.29. The molecular weight excluding hydrogens is 278 g/mol. The highest BCUT2D eigenvalue weighted by Crippen LogP contribution is 2.15. The highest BCUT2D eigenvalue weighted by atomic mass is 19.3. The molecule has 21 heavy (non-hydrogen) atoms. The Bertz CT molecular complexity index is 615. The molecule has 6 heteroatoms. The van der Waals surface area contributed by atoms with Crippen LogP contribution in [-0.2, 0) is 0 Å². The average Bonchev–Trinajstić information content (AvgIpc) is 2.46. The summed E-state index contributed by atoms with van der Waals surface area (Å²) < 4.78 is 28.2. The van der Waals surface area contributed by atoms with Gasteiger partial charge in [0.1, 0.15) is 5.75 Å². The molecule has 2 aromatic carbocycles. The van der Waals surface area contributed by atoms with E-state index in [2.05, 4.69) is 15.6 Å². The Morgan fingerprint density at radius 3 is 2.38 bits per heavy atom. The number of alkyl halides is 2. The van der Waals surface area contributed by atoms with E-state index in [9.17, 15) is 13.6 Å². The number of benzene rings is 2. The largest absolute Gasteiger partial charge is 0.435 e. The number of halogens is 2. The van der Waals surface area contributed by atoms with Crippen molar-refractivity contribution in [3.63, 3.8) is 0 Å². The van der Waals surface area contributed by atoms with Crippen molar-refractivity contribution in [3.8, 4) is 5.75 Å². The van der Waals surface area contributed by atoms with E-state index >= 15 is 0 Å². The van der Waals surface area contributed by atoms with E-state index in [0.717, 1.165) is 11.3 Å². The fourth-order valence-corrected chi connectivity index (χ4v) is 1.70. The summed E-state index contributed by atoms with van der Waals surface area (Å²) in [5.41, 5.74) is 7.44. The smallest absolute Gasteiger partial charge is 0.387 e. The zero-order valence-electron chi connectivity index (χ0n) is 11.3. The zero-order valence-corrected chi connectivity index (χ0v) is 11.3. The molecule has 2 rings (SSSR count). The SMILES string of the molecule is Cc1ccccc1NNC(=O)c1ccc(OC(F)F)cc1. The number of nitrogens with one attached hydrogen (secondary N) is 2. The van der Waals surface area contributed by atoms with Crippen molar-refractivity contribution < 1.29 is 18.3 Å². The molecule has 2 aromatic rings. The normalized spacial score (nSPS) is 10.3. The summed E-state index contributed by atoms with van der Waals surface area (Å²) >= 11 is 0. The Morgan fingerprint density at radius 2 is 1.76 bits per heavy atom. The number of hydrogen-bond donors (Lipinski definition) is 2. The van der Waals surface area contributed by atoms with Crippen LogP contribution in [0, 0.1) is 6.92 Å². The first kappa shape index (κ1) is 14.8. The number of rotatable bonds is 5. The fraction of sp³-hybridized carbons (Fsp3) is 0.133. The van der Waals surface area contributed by atoms with Crippen molar-refractivity contribution in [1.29, 1.82) is 0 Å². The number of carbonyl (C=O) groups is 1. The van der Waals surface area contributed by atoms with Crippen molar-refractivity contribution in [2.24, 2.45) is 0 Å². The Labute approximate surface area is 120 Å². The van der Waals surface area contributed by atoms with Crippen LogP contribution in [0.3, 0.4) is 0 Å². The number of ether oxygens (including phenoxy) is 1. The summed E-state index contributed by atoms with van der Waals surface area (Å²) in [5.74, 6) is -0.365. The Hall–Kier alpha value is -2.63. The lowest BCUT2D eigenvalue weighted by atomic mass is 10.2. The van der Waals surface area contributed by atoms with Gasteiger partial charge in [0.2, 0.25) is 0 Å². The maximum Gasteiger partial charge on any atom is 0.387 e. The Morgan fingerprint density at radius 1 is 1.10 bits per heavy atom. The van der Waals surface area contributed by atoms with Crippen molar-refractivity contribution in [2.45, 2.75) is 13.5 Å². The summed E-state index contributed by atoms with van der Waals surface area (Å²) in [6.07, 6.45) is 0. The first-order chi connectivity index (χ1) is 10.1. The number of para-hydroxylation sites is 1. The van der Waals surface area contributed by atoms with Crippen LogP contribution in [0.2, 0.25) is 0 Å². The third-order valence-electron chi connectivity index (χ3n) is 2.80. The van der Waals surface area contributed by atoms with E-state index in [-0.39, 0.29) is 11.7 Å². The predicted octanol–water partition coefficient (Wildman–Crippen LogP) is 3.35. The van der Waals surface area contributed by atoms with Crippen LogP contribution in [-0.4, -0.2) is 12.5 Å². The lowest BCUT2D eigenvalue weighted by Gasteiger charge is -2.11. The van der Waals surface area contributed by atoms with Gasteiger partial charge in [0.15, 0.2) is 0 Å². The predicted molar refractivity (Wildman–Crippen MR) is 75.3 cm³/mol. The van der Waals surface area contributed by atoms with Gasteiger partial charge in [0.05, 0.1) is 5.69 Å². The van der Waals surface area contributed by atoms with Crippen LogP contribution in [0.25, 0.3) is 0 Å². The molecule has 0 saturated carbocycles. The van der Waals surface area contributed by atoms with E-state index < -0.39 is 6.61 Å². The van der Waals surface area contributed by atoms with E-state index in [1.54, 1.807) is 0 Å². The minimum Gasteiger partial charge on any atom is -0.435 e. The first-order valence-electron chi connectivity index (χ1n) is 6.23. The van der Waals surface area contributed by atoms with Gasteiger partial charge in [-0.2, -0.15) is 8.78 Å². The molecule has 0 aliphatic carbocycles. The van der Waals surface area contributed by atoms with Gasteiger partial charge in [0, 0.05) is 5.56 Å². The monoisotopic (exact) mass is 292 g/mol. The minimum absolute atomic E-state index is 0.00779. The third-order valence-corrected chi connectivity index (χ3v) is 2.80. The molecule has 0 aromatic heterocycles. The molecule has 1 amide bonds. The second kappa shape index (κ2) is 6.69. The topological polar surface area (TPSA) is 50.4 Å². The maximum atomic E-state index is 12.0. The molecule has 0 aliphatic rings. The Kier molecular flexibility index (Phi) is 4.71. The molecule has 0 fully saturated rings. The summed E-state index contributed by atoms with van der Waals surface area (Å²) in [5, 5.41) is 0. The average molecular weight is 292 g/mol. The van der Waals surface area contributed by atoms with Crippen molar-refractivity contribution in [2.75, 3.05) is 5.43 Å². The van der Waals surface area contributed by atoms with Gasteiger partial charge in [-0.25, -0.2) is 0 Å². The molecule has 4 nitrogen and oxygen atoms in total. The summed E-state index contributed by atoms with van der Waals surface area (Å²) in [6.45, 7) is -0.974. The number of carbonyl (C=O) groups excluding carboxylic acids is 1. The molecule has 0 spiro atoms. The molecule has 0 unspecified atom stereocenters. The van der Waals surface area contributed by atoms with Gasteiger partial charge >= 0.3 is 6.61 Å². The van der Waals surface area contributed by atoms with Crippen molar-refractivity contribution in [3.05, 3.63) is 59.7 Å². The van der Waals surface area contributed by atoms with E-state index in [4.69, 9.17) is 0 Å². The van der Waals surface area contributed by atoms with Gasteiger partial charge in [0.25, 0.3) is 5.91 Å². The molecule has 0 heterocycles. The minimum atomic E-state index is -2.88. The summed E-state index contributed by atoms with van der Waals surface area (Å²) in [6, 6.07) is 12.9. The maximum absolute atomic E-state index is 12.0. The second-order valence-electron chi connectivity index (χ2n) is 4.30. The van der Waals surface area contributed by atoms with Crippen molar-refractivity contribution in [1.82, 2.24) is 5.43 Å². The number of amides is 1. The molecule has 0 bridgehead atoms. The van der Waals surface area contributed by atoms with Gasteiger partial charge in [-0.1, -0.05) is 18.2 Å².